The first-order chi connectivity index (χ1) is 11.6. The summed E-state index contributed by atoms with van der Waals surface area (Å²) >= 11 is 0. The monoisotopic (exact) mass is 321 g/mol. The Morgan fingerprint density at radius 2 is 1.96 bits per heavy atom. The summed E-state index contributed by atoms with van der Waals surface area (Å²) in [5.41, 5.74) is 0.794. The fourth-order valence-electron chi connectivity index (χ4n) is 3.02. The highest BCUT2D eigenvalue weighted by Crippen LogP contribution is 2.29. The quantitative estimate of drug-likeness (QED) is 0.753. The zero-order valence-corrected chi connectivity index (χ0v) is 13.0. The smallest absolute Gasteiger partial charge is 0.325 e. The molecule has 0 radical (unpaired) electrons. The van der Waals surface area contributed by atoms with Crippen molar-refractivity contribution in [1.82, 2.24) is 15.2 Å². The number of urea groups is 1. The third kappa shape index (κ3) is 2.32. The van der Waals surface area contributed by atoms with E-state index in [2.05, 4.69) is 10.3 Å². The Kier molecular flexibility index (Phi) is 3.30. The van der Waals surface area contributed by atoms with Crippen LogP contribution in [0.5, 0.6) is 0 Å². The summed E-state index contributed by atoms with van der Waals surface area (Å²) < 4.78 is 5.37. The summed E-state index contributed by atoms with van der Waals surface area (Å²) in [6.45, 7) is 1.79. The molecule has 1 N–H and O–H groups in total. The molecule has 1 saturated heterocycles. The van der Waals surface area contributed by atoms with Crippen LogP contribution in [0.25, 0.3) is 10.8 Å². The first-order valence-corrected chi connectivity index (χ1v) is 7.64. The van der Waals surface area contributed by atoms with Gasteiger partial charge in [0, 0.05) is 6.92 Å². The molecule has 0 bridgehead atoms. The number of nitrogens with one attached hydrogen (secondary N) is 1. The number of oxazole rings is 1. The minimum Gasteiger partial charge on any atom is -0.444 e. The van der Waals surface area contributed by atoms with E-state index in [0.29, 0.717) is 11.7 Å². The Labute approximate surface area is 138 Å². The second kappa shape index (κ2) is 5.49. The van der Waals surface area contributed by atoms with Gasteiger partial charge in [-0.2, -0.15) is 0 Å². The number of carbonyl (C=O) groups excluding carboxylic acids is 2. The van der Waals surface area contributed by atoms with Gasteiger partial charge in [-0.05, 0) is 16.3 Å². The van der Waals surface area contributed by atoms with E-state index in [-0.39, 0.29) is 12.5 Å². The maximum atomic E-state index is 12.8. The van der Waals surface area contributed by atoms with Gasteiger partial charge in [-0.1, -0.05) is 42.5 Å². The van der Waals surface area contributed by atoms with Crippen molar-refractivity contribution in [1.29, 1.82) is 0 Å². The van der Waals surface area contributed by atoms with Crippen LogP contribution in [-0.4, -0.2) is 21.8 Å². The molecular weight excluding hydrogens is 306 g/mol. The van der Waals surface area contributed by atoms with Crippen LogP contribution >= 0.6 is 0 Å². The van der Waals surface area contributed by atoms with E-state index in [4.69, 9.17) is 4.42 Å². The van der Waals surface area contributed by atoms with Crippen molar-refractivity contribution in [2.75, 3.05) is 0 Å². The summed E-state index contributed by atoms with van der Waals surface area (Å²) in [5.74, 6) is 0.697. The number of aryl methyl sites for hydroxylation is 1. The number of imide groups is 1. The van der Waals surface area contributed by atoms with Crippen molar-refractivity contribution in [3.8, 4) is 0 Å². The molecule has 4 rings (SSSR count). The lowest BCUT2D eigenvalue weighted by molar-refractivity contribution is -0.128. The maximum Gasteiger partial charge on any atom is 0.325 e. The number of fused-ring (bicyclic) bond motifs is 1. The number of carbonyl (C=O) groups is 2. The number of benzene rings is 2. The number of amides is 3. The summed E-state index contributed by atoms with van der Waals surface area (Å²) in [4.78, 5) is 30.1. The van der Waals surface area contributed by atoms with E-state index >= 15 is 0 Å². The molecule has 3 aromatic rings. The summed E-state index contributed by atoms with van der Waals surface area (Å²) in [6, 6.07) is 12.4. The summed E-state index contributed by atoms with van der Waals surface area (Å²) in [7, 11) is 0. The molecule has 24 heavy (non-hydrogen) atoms. The lowest BCUT2D eigenvalue weighted by Gasteiger charge is -2.13. The van der Waals surface area contributed by atoms with Crippen molar-refractivity contribution in [3.63, 3.8) is 0 Å². The molecule has 1 unspecified atom stereocenters. The van der Waals surface area contributed by atoms with Crippen LogP contribution in [0, 0.1) is 6.92 Å². The second-order valence-electron chi connectivity index (χ2n) is 5.72. The molecule has 1 atom stereocenters. The van der Waals surface area contributed by atoms with Crippen LogP contribution in [0.3, 0.4) is 0 Å². The van der Waals surface area contributed by atoms with Crippen LogP contribution in [0.15, 0.2) is 53.1 Å². The predicted molar refractivity (Wildman–Crippen MR) is 87.0 cm³/mol. The molecule has 0 aliphatic carbocycles. The molecule has 0 spiro atoms. The van der Waals surface area contributed by atoms with Gasteiger partial charge in [-0.25, -0.2) is 9.78 Å². The highest BCUT2D eigenvalue weighted by atomic mass is 16.4. The van der Waals surface area contributed by atoms with Crippen LogP contribution in [-0.2, 0) is 11.3 Å². The SMILES string of the molecule is Cc1ncc(CN2C(=O)NC(c3cccc4ccccc34)C2=O)o1. The first-order valence-electron chi connectivity index (χ1n) is 7.64. The van der Waals surface area contributed by atoms with Crippen molar-refractivity contribution in [2.45, 2.75) is 19.5 Å². The Balaban J connectivity index is 1.67. The Bertz CT molecular complexity index is 942. The van der Waals surface area contributed by atoms with Gasteiger partial charge in [-0.15, -0.1) is 0 Å². The third-order valence-electron chi connectivity index (χ3n) is 4.14. The second-order valence-corrected chi connectivity index (χ2v) is 5.72. The standard InChI is InChI=1S/C18H15N3O3/c1-11-19-9-13(24-11)10-21-17(22)16(20-18(21)23)15-8-4-6-12-5-2-3-7-14(12)15/h2-9,16H,10H2,1H3,(H,20,23). The van der Waals surface area contributed by atoms with Gasteiger partial charge >= 0.3 is 6.03 Å². The van der Waals surface area contributed by atoms with E-state index in [0.717, 1.165) is 21.2 Å². The number of aromatic nitrogens is 1. The Morgan fingerprint density at radius 3 is 2.75 bits per heavy atom. The zero-order chi connectivity index (χ0) is 16.7. The van der Waals surface area contributed by atoms with E-state index in [1.807, 2.05) is 42.5 Å². The van der Waals surface area contributed by atoms with Crippen LogP contribution < -0.4 is 5.32 Å². The minimum absolute atomic E-state index is 0.0762. The molecule has 1 aromatic heterocycles. The molecule has 3 amide bonds. The van der Waals surface area contributed by atoms with E-state index in [1.54, 1.807) is 6.92 Å². The lowest BCUT2D eigenvalue weighted by Crippen LogP contribution is -2.30. The summed E-state index contributed by atoms with van der Waals surface area (Å²) in [5, 5.41) is 4.75. The fraction of sp³-hybridized carbons (Fsp3) is 0.167. The average Bonchev–Trinajstić information content (AvgIpc) is 3.12. The molecule has 2 heterocycles. The highest BCUT2D eigenvalue weighted by Gasteiger charge is 2.40. The predicted octanol–water partition coefficient (Wildman–Crippen LogP) is 2.93. The van der Waals surface area contributed by atoms with Gasteiger partial charge in [0.1, 0.15) is 11.8 Å². The van der Waals surface area contributed by atoms with Crippen molar-refractivity contribution in [3.05, 3.63) is 65.9 Å². The lowest BCUT2D eigenvalue weighted by atomic mass is 9.99. The molecule has 1 aliphatic heterocycles. The fourth-order valence-corrected chi connectivity index (χ4v) is 3.02. The van der Waals surface area contributed by atoms with E-state index in [1.165, 1.54) is 6.20 Å². The normalized spacial score (nSPS) is 17.5. The maximum absolute atomic E-state index is 12.8. The van der Waals surface area contributed by atoms with Crippen LogP contribution in [0.1, 0.15) is 23.3 Å². The molecule has 1 fully saturated rings. The van der Waals surface area contributed by atoms with Gasteiger partial charge in [0.2, 0.25) is 0 Å². The molecular formula is C18H15N3O3. The number of hydrogen-bond acceptors (Lipinski definition) is 4. The first kappa shape index (κ1) is 14.4. The zero-order valence-electron chi connectivity index (χ0n) is 13.0. The summed E-state index contributed by atoms with van der Waals surface area (Å²) in [6.07, 6.45) is 1.53. The van der Waals surface area contributed by atoms with Gasteiger partial charge in [0.25, 0.3) is 5.91 Å². The van der Waals surface area contributed by atoms with E-state index in [9.17, 15) is 9.59 Å². The average molecular weight is 321 g/mol. The van der Waals surface area contributed by atoms with Crippen LogP contribution in [0.2, 0.25) is 0 Å². The van der Waals surface area contributed by atoms with Crippen molar-refractivity contribution >= 4 is 22.7 Å². The molecule has 6 heteroatoms. The Morgan fingerprint density at radius 1 is 1.17 bits per heavy atom. The van der Waals surface area contributed by atoms with Crippen molar-refractivity contribution in [2.24, 2.45) is 0 Å². The topological polar surface area (TPSA) is 75.4 Å². The van der Waals surface area contributed by atoms with Gasteiger partial charge < -0.3 is 9.73 Å². The number of rotatable bonds is 3. The molecule has 0 saturated carbocycles. The molecule has 1 aliphatic rings. The highest BCUT2D eigenvalue weighted by molar-refractivity contribution is 6.06. The molecule has 120 valence electrons. The van der Waals surface area contributed by atoms with Crippen LogP contribution in [0.4, 0.5) is 4.79 Å². The van der Waals surface area contributed by atoms with Gasteiger partial charge in [0.05, 0.1) is 12.7 Å². The number of nitrogens with zero attached hydrogens (tertiary/aromatic N) is 2. The molecule has 6 nitrogen and oxygen atoms in total. The number of hydrogen-bond donors (Lipinski definition) is 1. The molecule has 2 aromatic carbocycles. The minimum atomic E-state index is -0.687. The van der Waals surface area contributed by atoms with E-state index < -0.39 is 12.1 Å². The third-order valence-corrected chi connectivity index (χ3v) is 4.14. The van der Waals surface area contributed by atoms with Crippen molar-refractivity contribution < 1.29 is 14.0 Å². The largest absolute Gasteiger partial charge is 0.444 e. The van der Waals surface area contributed by atoms with Gasteiger partial charge in [0.15, 0.2) is 5.89 Å². The van der Waals surface area contributed by atoms with Gasteiger partial charge in [-0.3, -0.25) is 9.69 Å². The Hall–Kier alpha value is -3.15.